The first-order valence-electron chi connectivity index (χ1n) is 2.78. The van der Waals surface area contributed by atoms with Crippen LogP contribution >= 0.6 is 23.2 Å². The van der Waals surface area contributed by atoms with Crippen LogP contribution in [0.1, 0.15) is 5.82 Å². The molecule has 0 radical (unpaired) electrons. The fraction of sp³-hybridized carbons (Fsp3) is 0.200. The van der Waals surface area contributed by atoms with E-state index in [1.54, 1.807) is 0 Å². The Labute approximate surface area is 79.5 Å². The highest BCUT2D eigenvalue weighted by molar-refractivity contribution is 6.33. The molecule has 0 atom stereocenters. The normalized spacial score (nSPS) is 11.8. The van der Waals surface area contributed by atoms with Gasteiger partial charge in [0.1, 0.15) is 0 Å². The summed E-state index contributed by atoms with van der Waals surface area (Å²) < 4.78 is 48.3. The average Bonchev–Trinajstić information content (AvgIpc) is 1.97. The first-order valence-corrected chi connectivity index (χ1v) is 3.53. The minimum Gasteiger partial charge on any atom is -0.209 e. The molecule has 0 saturated carbocycles. The summed E-state index contributed by atoms with van der Waals surface area (Å²) in [6.07, 6.45) is -4.79. The molecule has 0 aromatic carbocycles. The Bertz CT molecular complexity index is 315. The molecule has 0 unspecified atom stereocenters. The van der Waals surface area contributed by atoms with Gasteiger partial charge < -0.3 is 0 Å². The quantitative estimate of drug-likeness (QED) is 0.510. The van der Waals surface area contributed by atoms with Gasteiger partial charge in [0.05, 0.1) is 0 Å². The van der Waals surface area contributed by atoms with Crippen LogP contribution in [-0.2, 0) is 6.18 Å². The molecule has 1 heterocycles. The van der Waals surface area contributed by atoms with E-state index in [-0.39, 0.29) is 0 Å². The molecule has 0 saturated heterocycles. The molecule has 0 bridgehead atoms. The smallest absolute Gasteiger partial charge is 0.209 e. The minimum absolute atomic E-state index is 0.952. The molecule has 0 N–H and O–H groups in total. The second-order valence-corrected chi connectivity index (χ2v) is 2.66. The Morgan fingerprint density at radius 1 is 1.00 bits per heavy atom. The van der Waals surface area contributed by atoms with Gasteiger partial charge in [0.15, 0.2) is 16.1 Å². The monoisotopic (exact) mass is 234 g/mol. The number of nitrogens with zero attached hydrogens (tertiary/aromatic N) is 2. The Kier molecular flexibility index (Phi) is 2.63. The summed E-state index contributed by atoms with van der Waals surface area (Å²) in [5.41, 5.74) is 0. The molecule has 13 heavy (non-hydrogen) atoms. The van der Waals surface area contributed by atoms with E-state index in [1.165, 1.54) is 0 Å². The maximum Gasteiger partial charge on any atom is 0.451 e. The van der Waals surface area contributed by atoms with Gasteiger partial charge in [-0.25, -0.2) is 14.4 Å². The van der Waals surface area contributed by atoms with E-state index in [4.69, 9.17) is 23.2 Å². The highest BCUT2D eigenvalue weighted by Crippen LogP contribution is 2.29. The molecule has 1 rings (SSSR count). The molecule has 72 valence electrons. The Morgan fingerprint density at radius 3 is 1.69 bits per heavy atom. The van der Waals surface area contributed by atoms with Crippen LogP contribution in [0.25, 0.3) is 0 Å². The lowest BCUT2D eigenvalue weighted by Gasteiger charge is -2.05. The topological polar surface area (TPSA) is 25.8 Å². The van der Waals surface area contributed by atoms with E-state index in [9.17, 15) is 17.6 Å². The van der Waals surface area contributed by atoms with Crippen molar-refractivity contribution in [3.05, 3.63) is 21.9 Å². The van der Waals surface area contributed by atoms with Crippen molar-refractivity contribution in [2.24, 2.45) is 0 Å². The summed E-state index contributed by atoms with van der Waals surface area (Å²) in [6, 6.07) is 0. The predicted molar refractivity (Wildman–Crippen MR) is 37.0 cm³/mol. The molecule has 2 nitrogen and oxygen atoms in total. The van der Waals surface area contributed by atoms with Crippen molar-refractivity contribution >= 4 is 23.2 Å². The van der Waals surface area contributed by atoms with Gasteiger partial charge in [-0.05, 0) is 0 Å². The molecule has 0 amide bonds. The maximum absolute atomic E-state index is 12.5. The van der Waals surface area contributed by atoms with E-state index >= 15 is 0 Å². The van der Waals surface area contributed by atoms with Crippen molar-refractivity contribution in [2.75, 3.05) is 0 Å². The molecule has 0 spiro atoms. The zero-order valence-electron chi connectivity index (χ0n) is 5.66. The molecule has 0 aliphatic heterocycles. The van der Waals surface area contributed by atoms with Crippen LogP contribution in [0.3, 0.4) is 0 Å². The summed E-state index contributed by atoms with van der Waals surface area (Å²) in [7, 11) is 0. The number of rotatable bonds is 0. The van der Waals surface area contributed by atoms with E-state index in [0.717, 1.165) is 0 Å². The van der Waals surface area contributed by atoms with Crippen LogP contribution in [0.15, 0.2) is 0 Å². The van der Waals surface area contributed by atoms with Gasteiger partial charge >= 0.3 is 6.18 Å². The second kappa shape index (κ2) is 3.26. The average molecular weight is 235 g/mol. The van der Waals surface area contributed by atoms with Gasteiger partial charge in [0.2, 0.25) is 5.82 Å². The number of hydrogen-bond donors (Lipinski definition) is 0. The van der Waals surface area contributed by atoms with Crippen molar-refractivity contribution in [1.29, 1.82) is 0 Å². The summed E-state index contributed by atoms with van der Waals surface area (Å²) >= 11 is 10.0. The predicted octanol–water partition coefficient (Wildman–Crippen LogP) is 2.94. The van der Waals surface area contributed by atoms with Crippen LogP contribution in [0.2, 0.25) is 10.3 Å². The molecule has 0 fully saturated rings. The number of aromatic nitrogens is 2. The van der Waals surface area contributed by atoms with E-state index in [0.29, 0.717) is 0 Å². The number of halogens is 6. The van der Waals surface area contributed by atoms with Crippen molar-refractivity contribution in [1.82, 2.24) is 9.97 Å². The summed E-state index contributed by atoms with van der Waals surface area (Å²) in [4.78, 5) is 5.35. The van der Waals surface area contributed by atoms with E-state index in [2.05, 4.69) is 9.97 Å². The highest BCUT2D eigenvalue weighted by atomic mass is 35.5. The second-order valence-electron chi connectivity index (χ2n) is 1.94. The molecule has 1 aromatic rings. The molecule has 0 aliphatic carbocycles. The van der Waals surface area contributed by atoms with Gasteiger partial charge in [-0.3, -0.25) is 0 Å². The van der Waals surface area contributed by atoms with Crippen LogP contribution in [0.5, 0.6) is 0 Å². The number of alkyl halides is 3. The minimum atomic E-state index is -4.79. The first kappa shape index (κ1) is 10.5. The molecule has 8 heteroatoms. The van der Waals surface area contributed by atoms with Crippen molar-refractivity contribution in [3.63, 3.8) is 0 Å². The third-order valence-electron chi connectivity index (χ3n) is 1.02. The maximum atomic E-state index is 12.5. The fourth-order valence-corrected chi connectivity index (χ4v) is 0.908. The lowest BCUT2D eigenvalue weighted by Crippen LogP contribution is -2.12. The highest BCUT2D eigenvalue weighted by Gasteiger charge is 2.36. The summed E-state index contributed by atoms with van der Waals surface area (Å²) in [5.74, 6) is -2.83. The van der Waals surface area contributed by atoms with Crippen molar-refractivity contribution in [2.45, 2.75) is 6.18 Å². The van der Waals surface area contributed by atoms with Gasteiger partial charge in [-0.15, -0.1) is 0 Å². The van der Waals surface area contributed by atoms with E-state index in [1.807, 2.05) is 0 Å². The van der Waals surface area contributed by atoms with Gasteiger partial charge in [-0.2, -0.15) is 13.2 Å². The summed E-state index contributed by atoms with van der Waals surface area (Å²) in [6.45, 7) is 0. The van der Waals surface area contributed by atoms with Gasteiger partial charge in [0.25, 0.3) is 0 Å². The largest absolute Gasteiger partial charge is 0.451 e. The lowest BCUT2D eigenvalue weighted by molar-refractivity contribution is -0.145. The molecular formula is C5Cl2F4N2. The Morgan fingerprint density at radius 2 is 1.38 bits per heavy atom. The summed E-state index contributed by atoms with van der Waals surface area (Å²) in [5, 5.41) is -1.90. The lowest BCUT2D eigenvalue weighted by atomic mass is 10.5. The molecule has 1 aromatic heterocycles. The number of hydrogen-bond acceptors (Lipinski definition) is 2. The standard InChI is InChI=1S/C5Cl2F4N2/c6-2-1(8)3(7)13-4(12-2)5(9,10)11. The zero-order valence-corrected chi connectivity index (χ0v) is 7.17. The van der Waals surface area contributed by atoms with Crippen LogP contribution < -0.4 is 0 Å². The van der Waals surface area contributed by atoms with Crippen LogP contribution in [-0.4, -0.2) is 9.97 Å². The fourth-order valence-electron chi connectivity index (χ4n) is 0.521. The van der Waals surface area contributed by atoms with Crippen molar-refractivity contribution in [3.8, 4) is 0 Å². The first-order chi connectivity index (χ1) is 5.82. The Hall–Kier alpha value is -0.620. The van der Waals surface area contributed by atoms with Crippen LogP contribution in [0.4, 0.5) is 17.6 Å². The SMILES string of the molecule is Fc1c(Cl)nc(C(F)(F)F)nc1Cl. The van der Waals surface area contributed by atoms with Crippen molar-refractivity contribution < 1.29 is 17.6 Å². The molecular weight excluding hydrogens is 235 g/mol. The van der Waals surface area contributed by atoms with Crippen LogP contribution in [0, 0.1) is 5.82 Å². The van der Waals surface area contributed by atoms with E-state index < -0.39 is 28.1 Å². The van der Waals surface area contributed by atoms with Gasteiger partial charge in [-0.1, -0.05) is 23.2 Å². The zero-order chi connectivity index (χ0) is 10.2. The third kappa shape index (κ3) is 2.19. The third-order valence-corrected chi connectivity index (χ3v) is 1.52. The molecule has 0 aliphatic rings. The Balaban J connectivity index is 3.29. The van der Waals surface area contributed by atoms with Gasteiger partial charge in [0, 0.05) is 0 Å².